The maximum atomic E-state index is 13.6. The summed E-state index contributed by atoms with van der Waals surface area (Å²) in [4.78, 5) is 55.5. The van der Waals surface area contributed by atoms with Crippen LogP contribution in [0.5, 0.6) is 5.75 Å². The summed E-state index contributed by atoms with van der Waals surface area (Å²) in [5, 5.41) is 17.1. The molecule has 0 spiro atoms. The molecule has 258 valence electrons. The molecule has 13 nitrogen and oxygen atoms in total. The number of amides is 4. The summed E-state index contributed by atoms with van der Waals surface area (Å²) in [5.74, 6) is -1.09. The van der Waals surface area contributed by atoms with Gasteiger partial charge in [0.05, 0.1) is 18.7 Å². The van der Waals surface area contributed by atoms with Gasteiger partial charge in [-0.25, -0.2) is 4.68 Å². The van der Waals surface area contributed by atoms with Crippen LogP contribution >= 0.6 is 0 Å². The van der Waals surface area contributed by atoms with Crippen LogP contribution < -0.4 is 20.7 Å². The molecule has 0 saturated heterocycles. The van der Waals surface area contributed by atoms with Crippen LogP contribution in [0.15, 0.2) is 60.8 Å². The van der Waals surface area contributed by atoms with E-state index in [0.717, 1.165) is 11.1 Å². The first-order chi connectivity index (χ1) is 22.9. The number of benzene rings is 2. The van der Waals surface area contributed by atoms with Crippen molar-refractivity contribution in [3.05, 3.63) is 77.6 Å². The summed E-state index contributed by atoms with van der Waals surface area (Å²) in [7, 11) is 1.48. The Bertz CT molecular complexity index is 1540. The molecule has 1 aliphatic rings. The molecule has 1 aliphatic heterocycles. The third-order valence-electron chi connectivity index (χ3n) is 8.25. The Morgan fingerprint density at radius 2 is 1.79 bits per heavy atom. The Morgan fingerprint density at radius 3 is 2.52 bits per heavy atom. The fourth-order valence-corrected chi connectivity index (χ4v) is 5.30. The Morgan fingerprint density at radius 1 is 1.02 bits per heavy atom. The molecule has 48 heavy (non-hydrogen) atoms. The fourth-order valence-electron chi connectivity index (χ4n) is 5.30. The molecule has 4 bridgehead atoms. The lowest BCUT2D eigenvalue weighted by Crippen LogP contribution is -2.56. The molecule has 3 N–H and O–H groups in total. The molecule has 0 saturated carbocycles. The van der Waals surface area contributed by atoms with E-state index in [2.05, 4.69) is 26.3 Å². The van der Waals surface area contributed by atoms with Gasteiger partial charge in [0.1, 0.15) is 30.0 Å². The van der Waals surface area contributed by atoms with Crippen LogP contribution in [-0.4, -0.2) is 94.6 Å². The number of aromatic nitrogens is 3. The number of hydrogen-bond donors (Lipinski definition) is 3. The minimum absolute atomic E-state index is 0.0448. The van der Waals surface area contributed by atoms with Crippen LogP contribution in [0.3, 0.4) is 0 Å². The molecule has 13 heteroatoms. The van der Waals surface area contributed by atoms with Crippen LogP contribution in [0.4, 0.5) is 0 Å². The SMILES string of the molecule is COC(C)(C)C(=O)N1CCNC(=O)[C@H](Cc2ccccc2)NC(=O)[C@@H](C(C)C)NC(=O)Cc2cccc(c2)OCCn2cc(nn2)CC1. The van der Waals surface area contributed by atoms with Gasteiger partial charge in [0.25, 0.3) is 5.91 Å². The van der Waals surface area contributed by atoms with E-state index in [4.69, 9.17) is 9.47 Å². The molecule has 2 atom stereocenters. The second-order valence-electron chi connectivity index (χ2n) is 12.7. The Labute approximate surface area is 281 Å². The quantitative estimate of drug-likeness (QED) is 0.373. The Kier molecular flexibility index (Phi) is 12.7. The van der Waals surface area contributed by atoms with Crippen molar-refractivity contribution in [3.63, 3.8) is 0 Å². The molecule has 2 aromatic carbocycles. The number of hydrogen-bond acceptors (Lipinski definition) is 8. The highest BCUT2D eigenvalue weighted by Crippen LogP contribution is 2.16. The van der Waals surface area contributed by atoms with E-state index in [1.807, 2.05) is 68.6 Å². The summed E-state index contributed by atoms with van der Waals surface area (Å²) < 4.78 is 13.1. The maximum absolute atomic E-state index is 13.6. The number of nitrogens with zero attached hydrogens (tertiary/aromatic N) is 4. The van der Waals surface area contributed by atoms with Crippen molar-refractivity contribution in [2.24, 2.45) is 5.92 Å². The number of nitrogens with one attached hydrogen (secondary N) is 3. The predicted octanol–water partition coefficient (Wildman–Crippen LogP) is 1.69. The molecule has 0 aliphatic carbocycles. The van der Waals surface area contributed by atoms with Crippen molar-refractivity contribution in [2.75, 3.05) is 33.4 Å². The number of methoxy groups -OCH3 is 1. The van der Waals surface area contributed by atoms with Gasteiger partial charge in [0.2, 0.25) is 17.7 Å². The van der Waals surface area contributed by atoms with Gasteiger partial charge in [-0.15, -0.1) is 5.10 Å². The lowest BCUT2D eigenvalue weighted by atomic mass is 10.0. The summed E-state index contributed by atoms with van der Waals surface area (Å²) in [6, 6.07) is 14.8. The van der Waals surface area contributed by atoms with Crippen molar-refractivity contribution in [2.45, 2.75) is 71.2 Å². The van der Waals surface area contributed by atoms with Crippen molar-refractivity contribution in [1.82, 2.24) is 35.8 Å². The van der Waals surface area contributed by atoms with E-state index in [1.165, 1.54) is 7.11 Å². The highest BCUT2D eigenvalue weighted by atomic mass is 16.5. The molecule has 4 rings (SSSR count). The topological polar surface area (TPSA) is 157 Å². The van der Waals surface area contributed by atoms with Gasteiger partial charge >= 0.3 is 0 Å². The molecule has 1 aromatic heterocycles. The summed E-state index contributed by atoms with van der Waals surface area (Å²) in [5.41, 5.74) is 1.20. The third-order valence-corrected chi connectivity index (χ3v) is 8.25. The fraction of sp³-hybridized carbons (Fsp3) is 0.486. The van der Waals surface area contributed by atoms with E-state index in [-0.39, 0.29) is 43.7 Å². The van der Waals surface area contributed by atoms with Crippen LogP contribution in [0.2, 0.25) is 0 Å². The van der Waals surface area contributed by atoms with Gasteiger partial charge in [-0.1, -0.05) is 61.5 Å². The van der Waals surface area contributed by atoms with Crippen LogP contribution in [0.1, 0.15) is 44.5 Å². The minimum Gasteiger partial charge on any atom is -0.492 e. The van der Waals surface area contributed by atoms with Gasteiger partial charge < -0.3 is 30.3 Å². The average molecular weight is 662 g/mol. The van der Waals surface area contributed by atoms with Gasteiger partial charge in [0.15, 0.2) is 0 Å². The highest BCUT2D eigenvalue weighted by Gasteiger charge is 2.33. The number of carbonyl (C=O) groups is 4. The zero-order chi connectivity index (χ0) is 34.7. The monoisotopic (exact) mass is 661 g/mol. The zero-order valence-electron chi connectivity index (χ0n) is 28.4. The van der Waals surface area contributed by atoms with E-state index >= 15 is 0 Å². The first kappa shape index (κ1) is 36.1. The van der Waals surface area contributed by atoms with E-state index < -0.39 is 29.5 Å². The second-order valence-corrected chi connectivity index (χ2v) is 12.7. The Balaban J connectivity index is 1.60. The van der Waals surface area contributed by atoms with Crippen molar-refractivity contribution < 1.29 is 28.7 Å². The van der Waals surface area contributed by atoms with Crippen LogP contribution in [0, 0.1) is 5.92 Å². The first-order valence-corrected chi connectivity index (χ1v) is 16.3. The number of fused-ring (bicyclic) bond motifs is 4. The smallest absolute Gasteiger partial charge is 0.254 e. The highest BCUT2D eigenvalue weighted by molar-refractivity contribution is 5.92. The second kappa shape index (κ2) is 16.9. The molecular weight excluding hydrogens is 614 g/mol. The van der Waals surface area contributed by atoms with E-state index in [0.29, 0.717) is 37.6 Å². The van der Waals surface area contributed by atoms with Crippen molar-refractivity contribution in [1.29, 1.82) is 0 Å². The Hall–Kier alpha value is -4.78. The standard InChI is InChI=1S/C35H47N7O6/c1-24(2)31-33(45)37-29(21-25-10-7-6-8-11-25)32(44)36-15-17-41(34(46)35(3,4)47-5)16-14-27-23-42(40-39-27)18-19-48-28-13-9-12-26(20-28)22-30(43)38-31/h6-13,20,23-24,29,31H,14-19,21-22H2,1-5H3,(H,36,44)(H,37,45)(H,38,43)/t29-,31+/m0/s1. The number of carbonyl (C=O) groups excluding carboxylic acids is 4. The van der Waals surface area contributed by atoms with E-state index in [9.17, 15) is 19.2 Å². The molecule has 3 aromatic rings. The average Bonchev–Trinajstić information content (AvgIpc) is 3.52. The van der Waals surface area contributed by atoms with Crippen LogP contribution in [-0.2, 0) is 49.7 Å². The predicted molar refractivity (Wildman–Crippen MR) is 179 cm³/mol. The van der Waals surface area contributed by atoms with Gasteiger partial charge in [-0.3, -0.25) is 19.2 Å². The largest absolute Gasteiger partial charge is 0.492 e. The van der Waals surface area contributed by atoms with E-state index in [1.54, 1.807) is 29.5 Å². The summed E-state index contributed by atoms with van der Waals surface area (Å²) >= 11 is 0. The zero-order valence-corrected chi connectivity index (χ0v) is 28.4. The van der Waals surface area contributed by atoms with Crippen molar-refractivity contribution >= 4 is 23.6 Å². The normalized spacial score (nSPS) is 19.1. The molecule has 4 amide bonds. The van der Waals surface area contributed by atoms with Crippen LogP contribution in [0.25, 0.3) is 0 Å². The maximum Gasteiger partial charge on any atom is 0.254 e. The molecule has 2 heterocycles. The molecule has 0 fully saturated rings. The number of rotatable bonds is 5. The summed E-state index contributed by atoms with van der Waals surface area (Å²) in [6.45, 7) is 8.49. The molecule has 0 radical (unpaired) electrons. The lowest BCUT2D eigenvalue weighted by molar-refractivity contribution is -0.151. The summed E-state index contributed by atoms with van der Waals surface area (Å²) in [6.07, 6.45) is 2.53. The minimum atomic E-state index is -1.08. The first-order valence-electron chi connectivity index (χ1n) is 16.3. The lowest BCUT2D eigenvalue weighted by Gasteiger charge is -2.31. The van der Waals surface area contributed by atoms with Gasteiger partial charge in [0, 0.05) is 45.8 Å². The third kappa shape index (κ3) is 10.4. The van der Waals surface area contributed by atoms with Gasteiger partial charge in [-0.2, -0.15) is 0 Å². The molecule has 0 unspecified atom stereocenters. The van der Waals surface area contributed by atoms with Crippen molar-refractivity contribution in [3.8, 4) is 5.75 Å². The molecular formula is C35H47N7O6. The number of ether oxygens (including phenoxy) is 2. The van der Waals surface area contributed by atoms with Gasteiger partial charge in [-0.05, 0) is 43.0 Å².